The number of aromatic nitrogens is 5. The zero-order valence-electron chi connectivity index (χ0n) is 38.8. The summed E-state index contributed by atoms with van der Waals surface area (Å²) < 4.78 is 12.2. The summed E-state index contributed by atoms with van der Waals surface area (Å²) in [6, 6.07) is 54.8. The molecule has 1 saturated heterocycles. The van der Waals surface area contributed by atoms with Gasteiger partial charge in [-0.05, 0) is 115 Å². The number of nitro groups is 1. The largest absolute Gasteiger partial charge is 0.354 e. The van der Waals surface area contributed by atoms with Crippen LogP contribution in [0, 0.1) is 10.1 Å². The maximum atomic E-state index is 11.9. The van der Waals surface area contributed by atoms with Crippen LogP contribution in [0.1, 0.15) is 54.0 Å². The molecule has 12 rings (SSSR count). The quantitative estimate of drug-likeness (QED) is 0.0750. The van der Waals surface area contributed by atoms with E-state index < -0.39 is 0 Å². The van der Waals surface area contributed by atoms with Gasteiger partial charge in [-0.2, -0.15) is 0 Å². The standard InChI is InChI=1S/C61H48N6O4/c68-67(69)45-28-26-43(27-29-45)58-44(24-15-37-71-53-25-13-14-36-70-53)38-46-59-56(41-20-9-3-10-21-41)51-34-32-49(63-51)54(39-16-5-1-6-17-39)47-30-31-48(62-47)55(40-18-7-2-8-19-40)50-33-35-52(64-50)57(42-22-11-4-12-23-42)61(66-59)60(46)65-58/h1-12,16-23,26-35,38,53,62,66H,13-15,24-25,36-37H2. The molecule has 0 radical (unpaired) electrons. The third-order valence-electron chi connectivity index (χ3n) is 13.5. The molecule has 0 spiro atoms. The van der Waals surface area contributed by atoms with Crippen LogP contribution < -0.4 is 0 Å². The SMILES string of the molecule is O=[N+]([O-])c1ccc(-c2nc3c4[nH]c(c(-c5ccccc5)c5nc(c(-c6ccccc6)c6ccc([nH]6)c(-c6ccccc6)c6nc(c4-c4ccccc4)C=C6)C=C5)c3cc2CCCOC2CCCCO2)cc1. The van der Waals surface area contributed by atoms with Crippen LogP contribution in [-0.2, 0) is 15.9 Å². The first kappa shape index (κ1) is 43.7. The van der Waals surface area contributed by atoms with E-state index in [1.54, 1.807) is 24.3 Å². The summed E-state index contributed by atoms with van der Waals surface area (Å²) in [5.41, 5.74) is 17.7. The van der Waals surface area contributed by atoms with Crippen molar-refractivity contribution in [2.75, 3.05) is 13.2 Å². The number of benzene rings is 5. The average molecular weight is 929 g/mol. The van der Waals surface area contributed by atoms with Crippen LogP contribution >= 0.6 is 0 Å². The van der Waals surface area contributed by atoms with Crippen LogP contribution in [0.3, 0.4) is 0 Å². The van der Waals surface area contributed by atoms with E-state index >= 15 is 0 Å². The fraction of sp³-hybridized carbons (Fsp3) is 0.131. The molecular formula is C61H48N6O4. The van der Waals surface area contributed by atoms with Crippen LogP contribution in [0.4, 0.5) is 5.69 Å². The Morgan fingerprint density at radius 2 is 1.07 bits per heavy atom. The number of fused-ring (bicyclic) bond motifs is 11. The van der Waals surface area contributed by atoms with Crippen molar-refractivity contribution in [2.45, 2.75) is 38.4 Å². The molecule has 9 aromatic rings. The van der Waals surface area contributed by atoms with Crippen molar-refractivity contribution in [3.63, 3.8) is 0 Å². The number of aromatic amines is 2. The highest BCUT2D eigenvalue weighted by Gasteiger charge is 2.24. The van der Waals surface area contributed by atoms with Gasteiger partial charge >= 0.3 is 0 Å². The molecule has 1 fully saturated rings. The molecule has 2 N–H and O–H groups in total. The number of non-ortho nitro benzene ring substituents is 1. The summed E-state index contributed by atoms with van der Waals surface area (Å²) in [7, 11) is 0. The summed E-state index contributed by atoms with van der Waals surface area (Å²) in [5.74, 6) is 0. The Morgan fingerprint density at radius 3 is 1.58 bits per heavy atom. The minimum Gasteiger partial charge on any atom is -0.354 e. The second-order valence-electron chi connectivity index (χ2n) is 18.0. The van der Waals surface area contributed by atoms with Gasteiger partial charge in [-0.25, -0.2) is 15.0 Å². The predicted molar refractivity (Wildman–Crippen MR) is 286 cm³/mol. The number of ether oxygens (including phenoxy) is 2. The number of hydrogen-bond donors (Lipinski definition) is 2. The summed E-state index contributed by atoms with van der Waals surface area (Å²) in [4.78, 5) is 36.2. The molecule has 3 aliphatic rings. The number of pyridine rings is 1. The highest BCUT2D eigenvalue weighted by Crippen LogP contribution is 2.43. The topological polar surface area (TPSA) is 132 Å². The lowest BCUT2D eigenvalue weighted by atomic mass is 9.97. The molecule has 1 unspecified atom stereocenters. The van der Waals surface area contributed by atoms with Crippen molar-refractivity contribution >= 4 is 63.0 Å². The Hall–Kier alpha value is -8.57. The molecule has 346 valence electrons. The number of nitrogens with one attached hydrogen (secondary N) is 2. The van der Waals surface area contributed by atoms with Crippen molar-refractivity contribution in [3.8, 4) is 55.8 Å². The lowest BCUT2D eigenvalue weighted by Gasteiger charge is -2.22. The maximum absolute atomic E-state index is 11.9. The summed E-state index contributed by atoms with van der Waals surface area (Å²) in [5, 5.41) is 12.8. The number of rotatable bonds is 11. The van der Waals surface area contributed by atoms with Crippen LogP contribution in [0.5, 0.6) is 0 Å². The molecule has 8 bridgehead atoms. The number of nitrogens with zero attached hydrogens (tertiary/aromatic N) is 4. The van der Waals surface area contributed by atoms with Crippen molar-refractivity contribution in [2.24, 2.45) is 0 Å². The summed E-state index contributed by atoms with van der Waals surface area (Å²) >= 11 is 0. The molecule has 0 amide bonds. The Labute approximate surface area is 410 Å². The van der Waals surface area contributed by atoms with Gasteiger partial charge in [-0.15, -0.1) is 0 Å². The maximum Gasteiger partial charge on any atom is 0.269 e. The van der Waals surface area contributed by atoms with Crippen LogP contribution in [0.2, 0.25) is 0 Å². The lowest BCUT2D eigenvalue weighted by molar-refractivity contribution is -0.384. The predicted octanol–water partition coefficient (Wildman–Crippen LogP) is 14.9. The average Bonchev–Trinajstić information content (AvgIpc) is 4.27. The zero-order chi connectivity index (χ0) is 47.7. The van der Waals surface area contributed by atoms with Crippen LogP contribution in [-0.4, -0.2) is 49.3 Å². The first-order chi connectivity index (χ1) is 35.0. The molecular weight excluding hydrogens is 881 g/mol. The van der Waals surface area contributed by atoms with Crippen LogP contribution in [0.15, 0.2) is 164 Å². The van der Waals surface area contributed by atoms with Crippen molar-refractivity contribution in [3.05, 3.63) is 202 Å². The summed E-state index contributed by atoms with van der Waals surface area (Å²) in [6.45, 7) is 1.22. The van der Waals surface area contributed by atoms with Crippen molar-refractivity contribution in [1.82, 2.24) is 24.9 Å². The van der Waals surface area contributed by atoms with E-state index in [9.17, 15) is 10.1 Å². The smallest absolute Gasteiger partial charge is 0.269 e. The van der Waals surface area contributed by atoms with Gasteiger partial charge in [0.15, 0.2) is 6.29 Å². The minimum absolute atomic E-state index is 0.0158. The Morgan fingerprint density at radius 1 is 0.563 bits per heavy atom. The lowest BCUT2D eigenvalue weighted by Crippen LogP contribution is -2.22. The minimum atomic E-state index is -0.369. The molecule has 7 heterocycles. The number of aryl methyl sites for hydroxylation is 1. The van der Waals surface area contributed by atoms with Gasteiger partial charge in [0.1, 0.15) is 0 Å². The Balaban J connectivity index is 1.23. The van der Waals surface area contributed by atoms with Gasteiger partial charge in [-0.1, -0.05) is 121 Å². The fourth-order valence-electron chi connectivity index (χ4n) is 10.2. The van der Waals surface area contributed by atoms with Gasteiger partial charge < -0.3 is 19.4 Å². The Kier molecular flexibility index (Phi) is 11.7. The van der Waals surface area contributed by atoms with Gasteiger partial charge in [0, 0.05) is 63.0 Å². The van der Waals surface area contributed by atoms with Gasteiger partial charge in [0.25, 0.3) is 5.69 Å². The number of H-pyrrole nitrogens is 2. The first-order valence-corrected chi connectivity index (χ1v) is 24.3. The second kappa shape index (κ2) is 19.1. The summed E-state index contributed by atoms with van der Waals surface area (Å²) in [6.07, 6.45) is 12.6. The molecule has 71 heavy (non-hydrogen) atoms. The fourth-order valence-corrected chi connectivity index (χ4v) is 10.2. The van der Waals surface area contributed by atoms with Crippen LogP contribution in [0.25, 0.3) is 113 Å². The molecule has 3 aliphatic heterocycles. The van der Waals surface area contributed by atoms with Crippen molar-refractivity contribution in [1.29, 1.82) is 0 Å². The highest BCUT2D eigenvalue weighted by atomic mass is 16.7. The molecule has 5 aromatic carbocycles. The third kappa shape index (κ3) is 8.54. The number of hydrogen-bond acceptors (Lipinski definition) is 7. The van der Waals surface area contributed by atoms with Gasteiger partial charge in [-0.3, -0.25) is 10.1 Å². The Bertz CT molecular complexity index is 3690. The molecule has 0 aliphatic carbocycles. The molecule has 1 atom stereocenters. The van der Waals surface area contributed by atoms with Gasteiger partial charge in [0.05, 0.1) is 56.5 Å². The van der Waals surface area contributed by atoms with E-state index in [0.717, 1.165) is 136 Å². The number of nitro benzene ring substituents is 1. The zero-order valence-corrected chi connectivity index (χ0v) is 38.8. The second-order valence-corrected chi connectivity index (χ2v) is 18.0. The van der Waals surface area contributed by atoms with E-state index in [4.69, 9.17) is 24.4 Å². The monoisotopic (exact) mass is 928 g/mol. The van der Waals surface area contributed by atoms with E-state index in [-0.39, 0.29) is 16.9 Å². The highest BCUT2D eigenvalue weighted by molar-refractivity contribution is 6.16. The first-order valence-electron chi connectivity index (χ1n) is 24.3. The van der Waals surface area contributed by atoms with E-state index in [1.807, 2.05) is 36.4 Å². The van der Waals surface area contributed by atoms with E-state index in [0.29, 0.717) is 26.1 Å². The molecule has 4 aromatic heterocycles. The molecule has 10 nitrogen and oxygen atoms in total. The molecule has 0 saturated carbocycles. The molecule has 10 heteroatoms. The van der Waals surface area contributed by atoms with E-state index in [1.165, 1.54) is 0 Å². The van der Waals surface area contributed by atoms with Crippen molar-refractivity contribution < 1.29 is 14.4 Å². The third-order valence-corrected chi connectivity index (χ3v) is 13.5. The normalized spacial score (nSPS) is 14.3. The van der Waals surface area contributed by atoms with E-state index in [2.05, 4.69) is 137 Å². The van der Waals surface area contributed by atoms with Gasteiger partial charge in [0.2, 0.25) is 0 Å².